The number of nitrogens with one attached hydrogen (secondary N) is 1. The van der Waals surface area contributed by atoms with E-state index in [1.807, 2.05) is 16.7 Å². The molecular formula is C14H27N3O2S. The summed E-state index contributed by atoms with van der Waals surface area (Å²) in [5.74, 6) is 2.23. The Balaban J connectivity index is 1.87. The molecule has 2 rings (SSSR count). The Labute approximate surface area is 126 Å². The molecule has 6 heteroatoms. The number of carbonyl (C=O) groups is 1. The fraction of sp³-hybridized carbons (Fsp3) is 0.929. The first-order chi connectivity index (χ1) is 9.81. The Morgan fingerprint density at radius 3 is 2.85 bits per heavy atom. The van der Waals surface area contributed by atoms with Crippen LogP contribution in [0.1, 0.15) is 19.3 Å². The molecule has 2 fully saturated rings. The Morgan fingerprint density at radius 2 is 2.10 bits per heavy atom. The highest BCUT2D eigenvalue weighted by atomic mass is 32.2. The fourth-order valence-electron chi connectivity index (χ4n) is 2.87. The summed E-state index contributed by atoms with van der Waals surface area (Å²) in [6, 6.07) is 0.428. The zero-order valence-corrected chi connectivity index (χ0v) is 13.3. The minimum Gasteiger partial charge on any atom is -0.383 e. The van der Waals surface area contributed by atoms with Gasteiger partial charge >= 0.3 is 6.03 Å². The molecular weight excluding hydrogens is 274 g/mol. The van der Waals surface area contributed by atoms with Gasteiger partial charge in [0.15, 0.2) is 0 Å². The van der Waals surface area contributed by atoms with Crippen LogP contribution < -0.4 is 5.32 Å². The molecule has 0 radical (unpaired) electrons. The lowest BCUT2D eigenvalue weighted by atomic mass is 10.2. The van der Waals surface area contributed by atoms with Gasteiger partial charge in [0.1, 0.15) is 0 Å². The van der Waals surface area contributed by atoms with Crippen molar-refractivity contribution in [1.29, 1.82) is 0 Å². The Kier molecular flexibility index (Phi) is 6.96. The van der Waals surface area contributed by atoms with Gasteiger partial charge in [-0.15, -0.1) is 0 Å². The lowest BCUT2D eigenvalue weighted by molar-refractivity contribution is 0.155. The van der Waals surface area contributed by atoms with Crippen molar-refractivity contribution < 1.29 is 9.53 Å². The lowest BCUT2D eigenvalue weighted by Gasteiger charge is -2.32. The molecule has 1 atom stereocenters. The summed E-state index contributed by atoms with van der Waals surface area (Å²) in [5, 5.41) is 2.97. The maximum absolute atomic E-state index is 12.3. The molecule has 2 saturated heterocycles. The van der Waals surface area contributed by atoms with Crippen LogP contribution in [0, 0.1) is 0 Å². The topological polar surface area (TPSA) is 44.8 Å². The van der Waals surface area contributed by atoms with Gasteiger partial charge in [-0.3, -0.25) is 0 Å². The van der Waals surface area contributed by atoms with Crippen molar-refractivity contribution in [2.24, 2.45) is 0 Å². The van der Waals surface area contributed by atoms with Gasteiger partial charge in [0, 0.05) is 32.5 Å². The van der Waals surface area contributed by atoms with E-state index < -0.39 is 0 Å². The van der Waals surface area contributed by atoms with Gasteiger partial charge in [0.05, 0.1) is 12.6 Å². The number of ether oxygens (including phenoxy) is 1. The number of methoxy groups -OCH3 is 1. The number of hydrogen-bond donors (Lipinski definition) is 1. The van der Waals surface area contributed by atoms with Crippen molar-refractivity contribution in [1.82, 2.24) is 15.1 Å². The van der Waals surface area contributed by atoms with Crippen LogP contribution in [0.25, 0.3) is 0 Å². The van der Waals surface area contributed by atoms with Gasteiger partial charge in [0.2, 0.25) is 0 Å². The smallest absolute Gasteiger partial charge is 0.317 e. The highest BCUT2D eigenvalue weighted by molar-refractivity contribution is 7.99. The van der Waals surface area contributed by atoms with E-state index >= 15 is 0 Å². The third-order valence-electron chi connectivity index (χ3n) is 3.95. The van der Waals surface area contributed by atoms with Crippen molar-refractivity contribution >= 4 is 17.8 Å². The van der Waals surface area contributed by atoms with Crippen LogP contribution in [0.5, 0.6) is 0 Å². The quantitative estimate of drug-likeness (QED) is 0.776. The first-order valence-corrected chi connectivity index (χ1v) is 8.80. The molecule has 2 amide bonds. The number of amides is 2. The first-order valence-electron chi connectivity index (χ1n) is 7.65. The minimum absolute atomic E-state index is 0.0775. The SMILES string of the molecule is COCCNC(=O)N1CCCSCC1CN1CCCC1. The highest BCUT2D eigenvalue weighted by Crippen LogP contribution is 2.19. The molecule has 0 saturated carbocycles. The number of carbonyl (C=O) groups excluding carboxylic acids is 1. The van der Waals surface area contributed by atoms with E-state index in [2.05, 4.69) is 10.2 Å². The van der Waals surface area contributed by atoms with Crippen LogP contribution in [0.15, 0.2) is 0 Å². The first kappa shape index (κ1) is 15.9. The molecule has 1 N–H and O–H groups in total. The summed E-state index contributed by atoms with van der Waals surface area (Å²) in [5.41, 5.74) is 0. The van der Waals surface area contributed by atoms with E-state index in [9.17, 15) is 4.79 Å². The summed E-state index contributed by atoms with van der Waals surface area (Å²) < 4.78 is 4.99. The maximum Gasteiger partial charge on any atom is 0.317 e. The third-order valence-corrected chi connectivity index (χ3v) is 5.15. The van der Waals surface area contributed by atoms with Crippen LogP contribution in [-0.2, 0) is 4.74 Å². The van der Waals surface area contributed by atoms with E-state index in [-0.39, 0.29) is 6.03 Å². The summed E-state index contributed by atoms with van der Waals surface area (Å²) in [6.45, 7) is 5.47. The van der Waals surface area contributed by atoms with Gasteiger partial charge in [-0.2, -0.15) is 11.8 Å². The summed E-state index contributed by atoms with van der Waals surface area (Å²) in [6.07, 6.45) is 3.71. The molecule has 2 aliphatic rings. The monoisotopic (exact) mass is 301 g/mol. The molecule has 20 heavy (non-hydrogen) atoms. The average molecular weight is 301 g/mol. The van der Waals surface area contributed by atoms with Gasteiger partial charge < -0.3 is 19.9 Å². The molecule has 0 aliphatic carbocycles. The van der Waals surface area contributed by atoms with Crippen LogP contribution >= 0.6 is 11.8 Å². The molecule has 0 aromatic carbocycles. The van der Waals surface area contributed by atoms with Crippen molar-refractivity contribution in [2.45, 2.75) is 25.3 Å². The zero-order chi connectivity index (χ0) is 14.2. The van der Waals surface area contributed by atoms with Crippen LogP contribution in [0.4, 0.5) is 4.79 Å². The van der Waals surface area contributed by atoms with Crippen LogP contribution in [-0.4, -0.2) is 79.8 Å². The number of urea groups is 1. The molecule has 2 aliphatic heterocycles. The molecule has 0 bridgehead atoms. The van der Waals surface area contributed by atoms with E-state index in [1.165, 1.54) is 31.7 Å². The molecule has 116 valence electrons. The molecule has 0 aromatic heterocycles. The summed E-state index contributed by atoms with van der Waals surface area (Å²) in [7, 11) is 1.66. The number of likely N-dealkylation sites (tertiary alicyclic amines) is 1. The predicted octanol–water partition coefficient (Wildman–Crippen LogP) is 1.25. The average Bonchev–Trinajstić information content (AvgIpc) is 2.84. The summed E-state index contributed by atoms with van der Waals surface area (Å²) >= 11 is 1.98. The third kappa shape index (κ3) is 4.82. The van der Waals surface area contributed by atoms with Crippen LogP contribution in [0.2, 0.25) is 0 Å². The van der Waals surface area contributed by atoms with E-state index in [4.69, 9.17) is 4.74 Å². The maximum atomic E-state index is 12.3. The second-order valence-electron chi connectivity index (χ2n) is 5.51. The van der Waals surface area contributed by atoms with Crippen molar-refractivity contribution in [3.05, 3.63) is 0 Å². The zero-order valence-electron chi connectivity index (χ0n) is 12.5. The number of rotatable bonds is 5. The van der Waals surface area contributed by atoms with Gasteiger partial charge in [0.25, 0.3) is 0 Å². The molecule has 0 aromatic rings. The Hall–Kier alpha value is -0.460. The van der Waals surface area contributed by atoms with Gasteiger partial charge in [-0.1, -0.05) is 0 Å². The number of thioether (sulfide) groups is 1. The largest absolute Gasteiger partial charge is 0.383 e. The predicted molar refractivity (Wildman–Crippen MR) is 83.4 cm³/mol. The normalized spacial score (nSPS) is 24.6. The molecule has 0 spiro atoms. The standard InChI is InChI=1S/C14H27N3O2S/c1-19-9-5-15-14(18)17-8-4-10-20-12-13(17)11-16-6-2-3-7-16/h13H,2-12H2,1H3,(H,15,18). The van der Waals surface area contributed by atoms with E-state index in [0.717, 1.165) is 25.3 Å². The minimum atomic E-state index is 0.0775. The van der Waals surface area contributed by atoms with Crippen molar-refractivity contribution in [3.8, 4) is 0 Å². The second-order valence-corrected chi connectivity index (χ2v) is 6.66. The van der Waals surface area contributed by atoms with Crippen LogP contribution in [0.3, 0.4) is 0 Å². The highest BCUT2D eigenvalue weighted by Gasteiger charge is 2.28. The lowest BCUT2D eigenvalue weighted by Crippen LogP contribution is -2.51. The van der Waals surface area contributed by atoms with E-state index in [1.54, 1.807) is 7.11 Å². The van der Waals surface area contributed by atoms with Crippen molar-refractivity contribution in [2.75, 3.05) is 57.9 Å². The van der Waals surface area contributed by atoms with Crippen molar-refractivity contribution in [3.63, 3.8) is 0 Å². The number of nitrogens with zero attached hydrogens (tertiary/aromatic N) is 2. The Morgan fingerprint density at radius 1 is 1.30 bits per heavy atom. The molecule has 2 heterocycles. The fourth-order valence-corrected chi connectivity index (χ4v) is 3.93. The van der Waals surface area contributed by atoms with Gasteiger partial charge in [-0.25, -0.2) is 4.79 Å². The molecule has 5 nitrogen and oxygen atoms in total. The molecule has 1 unspecified atom stereocenters. The van der Waals surface area contributed by atoms with Gasteiger partial charge in [-0.05, 0) is 38.1 Å². The van der Waals surface area contributed by atoms with E-state index in [0.29, 0.717) is 19.2 Å². The number of hydrogen-bond acceptors (Lipinski definition) is 4. The second kappa shape index (κ2) is 8.74. The summed E-state index contributed by atoms with van der Waals surface area (Å²) in [4.78, 5) is 16.9. The Bertz CT molecular complexity index is 298.